The number of amides is 1. The summed E-state index contributed by atoms with van der Waals surface area (Å²) in [7, 11) is 0. The Labute approximate surface area is 164 Å². The molecule has 0 spiro atoms. The maximum atomic E-state index is 12.5. The number of hydrogen-bond donors (Lipinski definition) is 1. The molecule has 0 aliphatic carbocycles. The molecule has 3 heterocycles. The monoisotopic (exact) mass is 369 g/mol. The third-order valence-corrected chi connectivity index (χ3v) is 6.28. The number of pyridine rings is 1. The van der Waals surface area contributed by atoms with Gasteiger partial charge in [-0.15, -0.1) is 0 Å². The van der Waals surface area contributed by atoms with Gasteiger partial charge in [-0.2, -0.15) is 0 Å². The summed E-state index contributed by atoms with van der Waals surface area (Å²) in [4.78, 5) is 19.2. The minimum atomic E-state index is -0.573. The van der Waals surface area contributed by atoms with E-state index in [1.165, 1.54) is 11.3 Å². The van der Waals surface area contributed by atoms with E-state index in [9.17, 15) is 4.79 Å². The third-order valence-electron chi connectivity index (χ3n) is 6.28. The molecule has 1 amide bonds. The number of para-hydroxylation sites is 1. The van der Waals surface area contributed by atoms with Crippen molar-refractivity contribution in [2.75, 3.05) is 11.4 Å². The van der Waals surface area contributed by atoms with Crippen LogP contribution in [0, 0.1) is 0 Å². The minimum Gasteiger partial charge on any atom is -0.344 e. The van der Waals surface area contributed by atoms with Crippen molar-refractivity contribution in [3.63, 3.8) is 0 Å². The highest BCUT2D eigenvalue weighted by Gasteiger charge is 2.57. The summed E-state index contributed by atoms with van der Waals surface area (Å²) in [6, 6.07) is 18.8. The minimum absolute atomic E-state index is 0.101. The van der Waals surface area contributed by atoms with E-state index in [2.05, 4.69) is 83.7 Å². The molecule has 2 aliphatic rings. The van der Waals surface area contributed by atoms with Crippen LogP contribution in [0.25, 0.3) is 17.0 Å². The highest BCUT2D eigenvalue weighted by molar-refractivity contribution is 5.85. The van der Waals surface area contributed by atoms with Gasteiger partial charge in [0.25, 0.3) is 0 Å². The number of rotatable bonds is 2. The van der Waals surface area contributed by atoms with Crippen molar-refractivity contribution >= 4 is 28.6 Å². The molecule has 1 N–H and O–H groups in total. The summed E-state index contributed by atoms with van der Waals surface area (Å²) in [6.07, 6.45) is 6.62. The third kappa shape index (κ3) is 2.30. The highest BCUT2D eigenvalue weighted by atomic mass is 16.2. The Bertz CT molecular complexity index is 1120. The zero-order valence-electron chi connectivity index (χ0n) is 16.1. The van der Waals surface area contributed by atoms with Gasteiger partial charge in [0, 0.05) is 35.7 Å². The van der Waals surface area contributed by atoms with Crippen molar-refractivity contribution in [2.24, 2.45) is 0 Å². The van der Waals surface area contributed by atoms with Crippen LogP contribution in [0.4, 0.5) is 5.69 Å². The van der Waals surface area contributed by atoms with Gasteiger partial charge in [-0.25, -0.2) is 0 Å². The fraction of sp³-hybridized carbons (Fsp3) is 0.250. The zero-order valence-corrected chi connectivity index (χ0v) is 16.1. The molecule has 0 bridgehead atoms. The molecule has 140 valence electrons. The summed E-state index contributed by atoms with van der Waals surface area (Å²) in [5.74, 6) is 0.101. The summed E-state index contributed by atoms with van der Waals surface area (Å²) in [5, 5.41) is 4.44. The Balaban J connectivity index is 1.62. The Morgan fingerprint density at radius 2 is 1.96 bits per heavy atom. The molecule has 3 aromatic rings. The molecule has 4 heteroatoms. The van der Waals surface area contributed by atoms with Crippen LogP contribution in [0.2, 0.25) is 0 Å². The average molecular weight is 369 g/mol. The second-order valence-electron chi connectivity index (χ2n) is 8.15. The van der Waals surface area contributed by atoms with Crippen LogP contribution >= 0.6 is 0 Å². The number of carbonyl (C=O) groups is 1. The van der Waals surface area contributed by atoms with Crippen LogP contribution in [0.3, 0.4) is 0 Å². The molecular weight excluding hydrogens is 346 g/mol. The molecule has 28 heavy (non-hydrogen) atoms. The van der Waals surface area contributed by atoms with E-state index in [0.29, 0.717) is 6.42 Å². The van der Waals surface area contributed by atoms with E-state index in [1.807, 2.05) is 18.3 Å². The molecule has 1 atom stereocenters. The van der Waals surface area contributed by atoms with Crippen LogP contribution in [-0.4, -0.2) is 23.1 Å². The second kappa shape index (κ2) is 5.93. The lowest BCUT2D eigenvalue weighted by atomic mass is 9.74. The SMILES string of the molecule is CC1(C)c2ccccc2N2CCC(=O)N[C@@]21/C=C/c1ccc2ncccc2c1. The van der Waals surface area contributed by atoms with Gasteiger partial charge in [-0.05, 0) is 41.5 Å². The average Bonchev–Trinajstić information content (AvgIpc) is 2.90. The summed E-state index contributed by atoms with van der Waals surface area (Å²) >= 11 is 0. The largest absolute Gasteiger partial charge is 0.344 e. The van der Waals surface area contributed by atoms with E-state index in [-0.39, 0.29) is 11.3 Å². The first-order valence-corrected chi connectivity index (χ1v) is 9.73. The first-order valence-electron chi connectivity index (χ1n) is 9.73. The number of nitrogens with one attached hydrogen (secondary N) is 1. The Morgan fingerprint density at radius 1 is 1.11 bits per heavy atom. The van der Waals surface area contributed by atoms with E-state index in [0.717, 1.165) is 23.0 Å². The lowest BCUT2D eigenvalue weighted by Gasteiger charge is -2.49. The van der Waals surface area contributed by atoms with Crippen LogP contribution < -0.4 is 10.2 Å². The van der Waals surface area contributed by atoms with Gasteiger partial charge in [0.05, 0.1) is 5.52 Å². The second-order valence-corrected chi connectivity index (χ2v) is 8.15. The van der Waals surface area contributed by atoms with Crippen LogP contribution in [-0.2, 0) is 10.2 Å². The maximum Gasteiger partial charge on any atom is 0.223 e. The molecule has 5 rings (SSSR count). The number of hydrogen-bond acceptors (Lipinski definition) is 3. The number of benzene rings is 2. The molecule has 4 nitrogen and oxygen atoms in total. The van der Waals surface area contributed by atoms with Crippen molar-refractivity contribution < 1.29 is 4.79 Å². The molecule has 2 aliphatic heterocycles. The van der Waals surface area contributed by atoms with Crippen molar-refractivity contribution in [1.82, 2.24) is 10.3 Å². The van der Waals surface area contributed by atoms with Crippen molar-refractivity contribution in [3.8, 4) is 0 Å². The molecule has 0 unspecified atom stereocenters. The summed E-state index contributed by atoms with van der Waals surface area (Å²) < 4.78 is 0. The number of aromatic nitrogens is 1. The highest BCUT2D eigenvalue weighted by Crippen LogP contribution is 2.52. The molecule has 1 aromatic heterocycles. The topological polar surface area (TPSA) is 45.2 Å². The quantitative estimate of drug-likeness (QED) is 0.734. The lowest BCUT2D eigenvalue weighted by Crippen LogP contribution is -2.68. The molecule has 1 saturated heterocycles. The maximum absolute atomic E-state index is 12.5. The van der Waals surface area contributed by atoms with Gasteiger partial charge in [-0.3, -0.25) is 9.78 Å². The lowest BCUT2D eigenvalue weighted by molar-refractivity contribution is -0.124. The van der Waals surface area contributed by atoms with Gasteiger partial charge in [0.15, 0.2) is 0 Å². The number of carbonyl (C=O) groups excluding carboxylic acids is 1. The van der Waals surface area contributed by atoms with Gasteiger partial charge < -0.3 is 10.2 Å². The first kappa shape index (κ1) is 17.0. The normalized spacial score (nSPS) is 22.9. The van der Waals surface area contributed by atoms with E-state index < -0.39 is 5.66 Å². The molecule has 1 fully saturated rings. The molecule has 0 radical (unpaired) electrons. The van der Waals surface area contributed by atoms with Crippen molar-refractivity contribution in [3.05, 3.63) is 78.0 Å². The van der Waals surface area contributed by atoms with E-state index in [4.69, 9.17) is 0 Å². The predicted octanol–water partition coefficient (Wildman–Crippen LogP) is 4.26. The predicted molar refractivity (Wildman–Crippen MR) is 113 cm³/mol. The van der Waals surface area contributed by atoms with Gasteiger partial charge in [0.1, 0.15) is 5.66 Å². The van der Waals surface area contributed by atoms with Crippen LogP contribution in [0.1, 0.15) is 31.4 Å². The Kier molecular flexibility index (Phi) is 3.60. The Hall–Kier alpha value is -3.14. The van der Waals surface area contributed by atoms with E-state index >= 15 is 0 Å². The fourth-order valence-corrected chi connectivity index (χ4v) is 4.73. The number of fused-ring (bicyclic) bond motifs is 4. The fourth-order valence-electron chi connectivity index (χ4n) is 4.73. The number of anilines is 1. The Morgan fingerprint density at radius 3 is 2.86 bits per heavy atom. The molecule has 2 aromatic carbocycles. The molecular formula is C24H23N3O. The smallest absolute Gasteiger partial charge is 0.223 e. The first-order chi connectivity index (χ1) is 13.5. The van der Waals surface area contributed by atoms with Gasteiger partial charge >= 0.3 is 0 Å². The summed E-state index contributed by atoms with van der Waals surface area (Å²) in [6.45, 7) is 5.15. The van der Waals surface area contributed by atoms with E-state index in [1.54, 1.807) is 0 Å². The number of nitrogens with zero attached hydrogens (tertiary/aromatic N) is 2. The zero-order chi connectivity index (χ0) is 19.4. The van der Waals surface area contributed by atoms with Crippen LogP contribution in [0.5, 0.6) is 0 Å². The van der Waals surface area contributed by atoms with Crippen molar-refractivity contribution in [2.45, 2.75) is 31.3 Å². The van der Waals surface area contributed by atoms with Crippen molar-refractivity contribution in [1.29, 1.82) is 0 Å². The standard InChI is InChI=1S/C24H23N3O/c1-23(2)19-7-3-4-8-21(19)27-15-12-22(28)26-24(23,27)13-11-17-9-10-20-18(16-17)6-5-14-25-20/h3-11,13-14,16H,12,15H2,1-2H3,(H,26,28)/b13-11+/t24-/m0/s1. The van der Waals surface area contributed by atoms with Gasteiger partial charge in [0.2, 0.25) is 5.91 Å². The summed E-state index contributed by atoms with van der Waals surface area (Å²) in [5.41, 5.74) is 3.73. The molecule has 0 saturated carbocycles. The van der Waals surface area contributed by atoms with Crippen LogP contribution in [0.15, 0.2) is 66.9 Å². The van der Waals surface area contributed by atoms with Gasteiger partial charge in [-0.1, -0.05) is 50.3 Å².